The van der Waals surface area contributed by atoms with Gasteiger partial charge in [-0.1, -0.05) is 23.7 Å². The molecule has 2 amide bonds. The second kappa shape index (κ2) is 9.58. The molecule has 2 aromatic heterocycles. The summed E-state index contributed by atoms with van der Waals surface area (Å²) in [6, 6.07) is 11.4. The number of urea groups is 1. The monoisotopic (exact) mass is 455 g/mol. The number of aryl methyl sites for hydroxylation is 1. The fraction of sp³-hybridized carbons (Fsp3) is 0.348. The first-order valence-electron chi connectivity index (χ1n) is 10.5. The zero-order chi connectivity index (χ0) is 22.7. The van der Waals surface area contributed by atoms with Gasteiger partial charge < -0.3 is 14.7 Å². The van der Waals surface area contributed by atoms with Crippen LogP contribution in [0.4, 0.5) is 10.6 Å². The molecule has 0 unspecified atom stereocenters. The second-order valence-electron chi connectivity index (χ2n) is 7.70. The Bertz CT molecular complexity index is 1100. The molecule has 0 atom stereocenters. The summed E-state index contributed by atoms with van der Waals surface area (Å²) in [5.41, 5.74) is 3.46. The van der Waals surface area contributed by atoms with Gasteiger partial charge in [-0.15, -0.1) is 5.10 Å². The first-order chi connectivity index (χ1) is 15.5. The smallest absolute Gasteiger partial charge is 0.326 e. The summed E-state index contributed by atoms with van der Waals surface area (Å²) in [5, 5.41) is 14.3. The minimum atomic E-state index is -0.0736. The van der Waals surface area contributed by atoms with Crippen LogP contribution in [0.5, 0.6) is 5.75 Å². The van der Waals surface area contributed by atoms with E-state index in [-0.39, 0.29) is 12.6 Å². The fourth-order valence-corrected chi connectivity index (χ4v) is 4.15. The SMILES string of the molecule is COc1ccc(CN2CCN(c3ccn(-c4cc(C)nc(Cl)c4CCCO)n3)C2=O)cc1. The van der Waals surface area contributed by atoms with E-state index in [0.717, 1.165) is 28.3 Å². The summed E-state index contributed by atoms with van der Waals surface area (Å²) in [4.78, 5) is 20.8. The molecule has 8 nitrogen and oxygen atoms in total. The molecule has 1 saturated heterocycles. The van der Waals surface area contributed by atoms with Gasteiger partial charge in [-0.3, -0.25) is 4.90 Å². The molecule has 3 heterocycles. The van der Waals surface area contributed by atoms with Crippen molar-refractivity contribution in [2.24, 2.45) is 0 Å². The second-order valence-corrected chi connectivity index (χ2v) is 8.06. The molecule has 1 N–H and O–H groups in total. The van der Waals surface area contributed by atoms with E-state index < -0.39 is 0 Å². The van der Waals surface area contributed by atoms with E-state index in [4.69, 9.17) is 16.3 Å². The number of methoxy groups -OCH3 is 1. The Morgan fingerprint density at radius 1 is 1.19 bits per heavy atom. The fourth-order valence-electron chi connectivity index (χ4n) is 3.82. The quantitative estimate of drug-likeness (QED) is 0.524. The maximum absolute atomic E-state index is 13.0. The van der Waals surface area contributed by atoms with Gasteiger partial charge in [0.2, 0.25) is 0 Å². The van der Waals surface area contributed by atoms with Crippen LogP contribution in [0.2, 0.25) is 5.15 Å². The van der Waals surface area contributed by atoms with E-state index in [2.05, 4.69) is 10.1 Å². The average molecular weight is 456 g/mol. The number of pyridine rings is 1. The van der Waals surface area contributed by atoms with Crippen molar-refractivity contribution in [1.29, 1.82) is 0 Å². The van der Waals surface area contributed by atoms with Gasteiger partial charge in [0.05, 0.1) is 12.8 Å². The largest absolute Gasteiger partial charge is 0.497 e. The molecule has 3 aromatic rings. The highest BCUT2D eigenvalue weighted by Crippen LogP contribution is 2.26. The molecule has 1 aromatic carbocycles. The number of nitrogens with zero attached hydrogens (tertiary/aromatic N) is 5. The highest BCUT2D eigenvalue weighted by atomic mass is 35.5. The average Bonchev–Trinajstić information content (AvgIpc) is 3.40. The van der Waals surface area contributed by atoms with Crippen LogP contribution in [-0.4, -0.2) is 57.6 Å². The lowest BCUT2D eigenvalue weighted by atomic mass is 10.1. The van der Waals surface area contributed by atoms with Gasteiger partial charge in [0.1, 0.15) is 10.9 Å². The Labute approximate surface area is 192 Å². The Balaban J connectivity index is 1.52. The summed E-state index contributed by atoms with van der Waals surface area (Å²) in [6.07, 6.45) is 2.99. The number of ether oxygens (including phenoxy) is 1. The van der Waals surface area contributed by atoms with E-state index in [0.29, 0.717) is 43.4 Å². The van der Waals surface area contributed by atoms with Crippen LogP contribution in [-0.2, 0) is 13.0 Å². The molecular weight excluding hydrogens is 430 g/mol. The Hall–Kier alpha value is -3.10. The number of rotatable bonds is 8. The molecule has 4 rings (SSSR count). The van der Waals surface area contributed by atoms with E-state index in [1.807, 2.05) is 49.5 Å². The van der Waals surface area contributed by atoms with Gasteiger partial charge in [0, 0.05) is 49.8 Å². The Morgan fingerprint density at radius 3 is 2.69 bits per heavy atom. The third-order valence-electron chi connectivity index (χ3n) is 5.49. The Morgan fingerprint density at radius 2 is 1.97 bits per heavy atom. The van der Waals surface area contributed by atoms with Crippen molar-refractivity contribution in [3.63, 3.8) is 0 Å². The topological polar surface area (TPSA) is 83.7 Å². The lowest BCUT2D eigenvalue weighted by Crippen LogP contribution is -2.31. The van der Waals surface area contributed by atoms with E-state index in [1.165, 1.54) is 0 Å². The molecular formula is C23H26ClN5O3. The molecule has 1 aliphatic rings. The summed E-state index contributed by atoms with van der Waals surface area (Å²) in [7, 11) is 1.63. The van der Waals surface area contributed by atoms with Crippen LogP contribution in [0.15, 0.2) is 42.6 Å². The molecule has 0 bridgehead atoms. The van der Waals surface area contributed by atoms with Gasteiger partial charge in [0.15, 0.2) is 5.82 Å². The highest BCUT2D eigenvalue weighted by molar-refractivity contribution is 6.30. The number of carbonyl (C=O) groups excluding carboxylic acids is 1. The van der Waals surface area contributed by atoms with Crippen molar-refractivity contribution in [1.82, 2.24) is 19.7 Å². The van der Waals surface area contributed by atoms with Gasteiger partial charge in [-0.2, -0.15) is 0 Å². The maximum Gasteiger partial charge on any atom is 0.326 e. The molecule has 32 heavy (non-hydrogen) atoms. The molecule has 168 valence electrons. The number of aliphatic hydroxyl groups is 1. The van der Waals surface area contributed by atoms with Crippen LogP contribution in [0.1, 0.15) is 23.2 Å². The predicted molar refractivity (Wildman–Crippen MR) is 123 cm³/mol. The van der Waals surface area contributed by atoms with Crippen molar-refractivity contribution in [2.45, 2.75) is 26.3 Å². The number of hydrogen-bond donors (Lipinski definition) is 1. The van der Waals surface area contributed by atoms with Gasteiger partial charge in [-0.05, 0) is 43.5 Å². The van der Waals surface area contributed by atoms with Crippen LogP contribution in [0, 0.1) is 6.92 Å². The molecule has 9 heteroatoms. The highest BCUT2D eigenvalue weighted by Gasteiger charge is 2.31. The summed E-state index contributed by atoms with van der Waals surface area (Å²) >= 11 is 6.38. The molecule has 0 saturated carbocycles. The number of benzene rings is 1. The number of carbonyl (C=O) groups is 1. The zero-order valence-corrected chi connectivity index (χ0v) is 18.9. The molecule has 0 radical (unpaired) electrons. The summed E-state index contributed by atoms with van der Waals surface area (Å²) < 4.78 is 6.92. The third-order valence-corrected chi connectivity index (χ3v) is 5.80. The summed E-state index contributed by atoms with van der Waals surface area (Å²) in [5.74, 6) is 1.38. The van der Waals surface area contributed by atoms with Crippen molar-refractivity contribution in [2.75, 3.05) is 31.7 Å². The van der Waals surface area contributed by atoms with Gasteiger partial charge in [-0.25, -0.2) is 14.5 Å². The van der Waals surface area contributed by atoms with Crippen molar-refractivity contribution in [3.8, 4) is 11.4 Å². The Kier molecular flexibility index (Phi) is 6.62. The van der Waals surface area contributed by atoms with E-state index >= 15 is 0 Å². The number of aromatic nitrogens is 3. The molecule has 1 fully saturated rings. The van der Waals surface area contributed by atoms with Crippen molar-refractivity contribution >= 4 is 23.4 Å². The number of anilines is 1. The standard InChI is InChI=1S/C23H26ClN5O3/c1-16-14-20(19(4-3-13-30)22(24)25-16)29-10-9-21(26-29)28-12-11-27(23(28)31)15-17-5-7-18(32-2)8-6-17/h5-10,14,30H,3-4,11-13,15H2,1-2H3. The number of aliphatic hydroxyl groups excluding tert-OH is 1. The number of amides is 2. The summed E-state index contributed by atoms with van der Waals surface area (Å²) in [6.45, 7) is 3.67. The first-order valence-corrected chi connectivity index (χ1v) is 10.9. The van der Waals surface area contributed by atoms with Crippen LogP contribution < -0.4 is 9.64 Å². The minimum absolute atomic E-state index is 0.0698. The van der Waals surface area contributed by atoms with Gasteiger partial charge >= 0.3 is 6.03 Å². The van der Waals surface area contributed by atoms with Crippen molar-refractivity contribution < 1.29 is 14.6 Å². The first kappa shape index (κ1) is 22.1. The molecule has 0 aliphatic carbocycles. The predicted octanol–water partition coefficient (Wildman–Crippen LogP) is 3.60. The van der Waals surface area contributed by atoms with Crippen molar-refractivity contribution in [3.05, 3.63) is 64.6 Å². The van der Waals surface area contributed by atoms with Gasteiger partial charge in [0.25, 0.3) is 0 Å². The van der Waals surface area contributed by atoms with Crippen LogP contribution >= 0.6 is 11.6 Å². The number of hydrogen-bond acceptors (Lipinski definition) is 5. The molecule has 1 aliphatic heterocycles. The van der Waals surface area contributed by atoms with Crippen LogP contribution in [0.25, 0.3) is 5.69 Å². The lowest BCUT2D eigenvalue weighted by Gasteiger charge is -2.17. The minimum Gasteiger partial charge on any atom is -0.497 e. The molecule has 0 spiro atoms. The normalized spacial score (nSPS) is 13.8. The van der Waals surface area contributed by atoms with E-state index in [1.54, 1.807) is 21.6 Å². The van der Waals surface area contributed by atoms with E-state index in [9.17, 15) is 9.90 Å². The number of halogens is 1. The third kappa shape index (κ3) is 4.56. The maximum atomic E-state index is 13.0. The lowest BCUT2D eigenvalue weighted by molar-refractivity contribution is 0.218. The zero-order valence-electron chi connectivity index (χ0n) is 18.2. The van der Waals surface area contributed by atoms with Crippen LogP contribution in [0.3, 0.4) is 0 Å².